The third-order valence-corrected chi connectivity index (χ3v) is 2.58. The molecule has 1 aliphatic rings. The topological polar surface area (TPSA) is 3.01 Å². The zero-order valence-corrected chi connectivity index (χ0v) is 7.75. The Kier molecular flexibility index (Phi) is 1.89. The first-order chi connectivity index (χ1) is 5.81. The Bertz CT molecular complexity index is 263. The Morgan fingerprint density at radius 2 is 2.00 bits per heavy atom. The molecule has 64 valence electrons. The molecule has 1 fully saturated rings. The number of likely N-dealkylation sites (N-methyl/N-ethyl adjacent to an activating group) is 1. The van der Waals surface area contributed by atoms with Crippen molar-refractivity contribution in [3.8, 4) is 0 Å². The molecule has 0 aromatic heterocycles. The van der Waals surface area contributed by atoms with Crippen molar-refractivity contribution in [3.63, 3.8) is 0 Å². The molecule has 0 radical (unpaired) electrons. The minimum absolute atomic E-state index is 0.718. The van der Waals surface area contributed by atoms with Crippen LogP contribution in [-0.4, -0.2) is 18.0 Å². The maximum atomic E-state index is 2.46. The van der Waals surface area contributed by atoms with Crippen molar-refractivity contribution in [1.82, 2.24) is 4.90 Å². The van der Waals surface area contributed by atoms with Crippen LogP contribution in [0.5, 0.6) is 0 Å². The molecule has 1 aromatic rings. The first-order valence-electron chi connectivity index (χ1n) is 4.62. The summed E-state index contributed by atoms with van der Waals surface area (Å²) in [6.07, 6.45) is 0. The van der Waals surface area contributed by atoms with Crippen LogP contribution in [0.1, 0.15) is 24.1 Å². The van der Waals surface area contributed by atoms with Crippen LogP contribution in [0.25, 0.3) is 0 Å². The SMILES string of the molecule is CCN1CC1c1ccc(C)cc1. The lowest BCUT2D eigenvalue weighted by atomic mass is 10.1. The van der Waals surface area contributed by atoms with Gasteiger partial charge in [0.2, 0.25) is 0 Å². The van der Waals surface area contributed by atoms with Gasteiger partial charge >= 0.3 is 0 Å². The molecule has 12 heavy (non-hydrogen) atoms. The van der Waals surface area contributed by atoms with Gasteiger partial charge in [0.1, 0.15) is 0 Å². The minimum atomic E-state index is 0.718. The molecule has 0 spiro atoms. The summed E-state index contributed by atoms with van der Waals surface area (Å²) in [5, 5.41) is 0. The van der Waals surface area contributed by atoms with Crippen molar-refractivity contribution in [2.24, 2.45) is 0 Å². The normalized spacial score (nSPS) is 27.2. The van der Waals surface area contributed by atoms with Crippen molar-refractivity contribution in [3.05, 3.63) is 35.4 Å². The number of hydrogen-bond acceptors (Lipinski definition) is 1. The molecule has 1 saturated heterocycles. The smallest absolute Gasteiger partial charge is 0.0476 e. The Labute approximate surface area is 74.0 Å². The molecule has 1 heterocycles. The predicted molar refractivity (Wildman–Crippen MR) is 51.2 cm³/mol. The minimum Gasteiger partial charge on any atom is -0.293 e. The van der Waals surface area contributed by atoms with Gasteiger partial charge in [0.05, 0.1) is 0 Å². The summed E-state index contributed by atoms with van der Waals surface area (Å²) in [4.78, 5) is 2.46. The van der Waals surface area contributed by atoms with Crippen LogP contribution in [-0.2, 0) is 0 Å². The lowest BCUT2D eigenvalue weighted by molar-refractivity contribution is 0.544. The van der Waals surface area contributed by atoms with E-state index < -0.39 is 0 Å². The fourth-order valence-electron chi connectivity index (χ4n) is 1.63. The average molecular weight is 161 g/mol. The second-order valence-electron chi connectivity index (χ2n) is 3.51. The quantitative estimate of drug-likeness (QED) is 0.602. The molecule has 1 nitrogen and oxygen atoms in total. The van der Waals surface area contributed by atoms with Crippen molar-refractivity contribution in [1.29, 1.82) is 0 Å². The van der Waals surface area contributed by atoms with E-state index in [1.807, 2.05) is 0 Å². The van der Waals surface area contributed by atoms with Gasteiger partial charge in [0, 0.05) is 12.6 Å². The van der Waals surface area contributed by atoms with Crippen molar-refractivity contribution in [2.75, 3.05) is 13.1 Å². The molecule has 0 amide bonds. The Hall–Kier alpha value is -0.820. The van der Waals surface area contributed by atoms with Gasteiger partial charge < -0.3 is 0 Å². The molecule has 1 aromatic carbocycles. The molecule has 0 aliphatic carbocycles. The summed E-state index contributed by atoms with van der Waals surface area (Å²) in [6, 6.07) is 9.60. The number of nitrogens with zero attached hydrogens (tertiary/aromatic N) is 1. The Morgan fingerprint density at radius 1 is 1.33 bits per heavy atom. The third-order valence-electron chi connectivity index (χ3n) is 2.58. The number of rotatable bonds is 2. The van der Waals surface area contributed by atoms with E-state index in [0.717, 1.165) is 6.04 Å². The van der Waals surface area contributed by atoms with E-state index in [2.05, 4.69) is 43.0 Å². The molecule has 0 bridgehead atoms. The second kappa shape index (κ2) is 2.91. The average Bonchev–Trinajstić information content (AvgIpc) is 2.85. The zero-order chi connectivity index (χ0) is 8.55. The van der Waals surface area contributed by atoms with E-state index >= 15 is 0 Å². The van der Waals surface area contributed by atoms with E-state index in [1.54, 1.807) is 0 Å². The van der Waals surface area contributed by atoms with Gasteiger partial charge in [-0.05, 0) is 19.0 Å². The number of hydrogen-bond donors (Lipinski definition) is 0. The summed E-state index contributed by atoms with van der Waals surface area (Å²) in [6.45, 7) is 6.78. The van der Waals surface area contributed by atoms with Gasteiger partial charge in [-0.1, -0.05) is 36.8 Å². The molecule has 2 rings (SSSR count). The fraction of sp³-hybridized carbons (Fsp3) is 0.455. The van der Waals surface area contributed by atoms with Crippen LogP contribution < -0.4 is 0 Å². The van der Waals surface area contributed by atoms with Crippen molar-refractivity contribution < 1.29 is 0 Å². The molecular formula is C11H15N. The molecule has 0 N–H and O–H groups in total. The van der Waals surface area contributed by atoms with Crippen LogP contribution >= 0.6 is 0 Å². The number of benzene rings is 1. The van der Waals surface area contributed by atoms with Gasteiger partial charge in [-0.2, -0.15) is 0 Å². The van der Waals surface area contributed by atoms with Crippen LogP contribution in [0.3, 0.4) is 0 Å². The standard InChI is InChI=1S/C11H15N/c1-3-12-8-11(12)10-6-4-9(2)5-7-10/h4-7,11H,3,8H2,1-2H3. The van der Waals surface area contributed by atoms with Gasteiger partial charge in [-0.3, -0.25) is 4.90 Å². The largest absolute Gasteiger partial charge is 0.293 e. The Morgan fingerprint density at radius 3 is 2.50 bits per heavy atom. The van der Waals surface area contributed by atoms with Gasteiger partial charge in [0.25, 0.3) is 0 Å². The lowest BCUT2D eigenvalue weighted by Crippen LogP contribution is -1.95. The first-order valence-corrected chi connectivity index (χ1v) is 4.62. The summed E-state index contributed by atoms with van der Waals surface area (Å²) in [5.74, 6) is 0. The van der Waals surface area contributed by atoms with Gasteiger partial charge in [-0.25, -0.2) is 0 Å². The van der Waals surface area contributed by atoms with Crippen LogP contribution in [0.4, 0.5) is 0 Å². The van der Waals surface area contributed by atoms with E-state index in [-0.39, 0.29) is 0 Å². The number of aryl methyl sites for hydroxylation is 1. The second-order valence-corrected chi connectivity index (χ2v) is 3.51. The Balaban J connectivity index is 2.10. The maximum absolute atomic E-state index is 2.46. The summed E-state index contributed by atoms with van der Waals surface area (Å²) in [5.41, 5.74) is 2.82. The van der Waals surface area contributed by atoms with Gasteiger partial charge in [0.15, 0.2) is 0 Å². The summed E-state index contributed by atoms with van der Waals surface area (Å²) < 4.78 is 0. The van der Waals surface area contributed by atoms with E-state index in [0.29, 0.717) is 0 Å². The van der Waals surface area contributed by atoms with Crippen LogP contribution in [0.2, 0.25) is 0 Å². The van der Waals surface area contributed by atoms with Crippen LogP contribution in [0.15, 0.2) is 24.3 Å². The maximum Gasteiger partial charge on any atom is 0.0476 e. The predicted octanol–water partition coefficient (Wildman–Crippen LogP) is 2.37. The highest BCUT2D eigenvalue weighted by atomic mass is 15.3. The molecule has 1 aliphatic heterocycles. The zero-order valence-electron chi connectivity index (χ0n) is 7.75. The highest BCUT2D eigenvalue weighted by Gasteiger charge is 2.32. The third kappa shape index (κ3) is 1.37. The van der Waals surface area contributed by atoms with Crippen molar-refractivity contribution in [2.45, 2.75) is 19.9 Å². The van der Waals surface area contributed by atoms with Crippen LogP contribution in [0, 0.1) is 6.92 Å². The first kappa shape index (κ1) is 7.81. The summed E-state index contributed by atoms with van der Waals surface area (Å²) >= 11 is 0. The van der Waals surface area contributed by atoms with E-state index in [1.165, 1.54) is 24.2 Å². The fourth-order valence-corrected chi connectivity index (χ4v) is 1.63. The molecule has 0 saturated carbocycles. The lowest BCUT2D eigenvalue weighted by Gasteiger charge is -2.00. The molecule has 1 heteroatoms. The summed E-state index contributed by atoms with van der Waals surface area (Å²) in [7, 11) is 0. The molecule has 2 unspecified atom stereocenters. The van der Waals surface area contributed by atoms with E-state index in [4.69, 9.17) is 0 Å². The van der Waals surface area contributed by atoms with Crippen molar-refractivity contribution >= 4 is 0 Å². The van der Waals surface area contributed by atoms with Gasteiger partial charge in [-0.15, -0.1) is 0 Å². The highest BCUT2D eigenvalue weighted by Crippen LogP contribution is 2.33. The molecular weight excluding hydrogens is 146 g/mol. The monoisotopic (exact) mass is 161 g/mol. The van der Waals surface area contributed by atoms with E-state index in [9.17, 15) is 0 Å². The highest BCUT2D eigenvalue weighted by molar-refractivity contribution is 5.27. The molecule has 2 atom stereocenters.